The number of nitro groups is 1. The van der Waals surface area contributed by atoms with Crippen molar-refractivity contribution in [3.05, 3.63) is 79.0 Å². The summed E-state index contributed by atoms with van der Waals surface area (Å²) in [5, 5.41) is 14.8. The first-order chi connectivity index (χ1) is 12.0. The number of allylic oxidation sites excluding steroid dienone is 2. The molecule has 25 heavy (non-hydrogen) atoms. The molecule has 0 fully saturated rings. The lowest BCUT2D eigenvalue weighted by Crippen LogP contribution is -2.30. The summed E-state index contributed by atoms with van der Waals surface area (Å²) in [6.07, 6.45) is 4.95. The fourth-order valence-electron chi connectivity index (χ4n) is 3.81. The summed E-state index contributed by atoms with van der Waals surface area (Å²) >= 11 is 9.68. The van der Waals surface area contributed by atoms with Crippen molar-refractivity contribution in [2.75, 3.05) is 5.32 Å². The molecule has 0 saturated carbocycles. The number of nitro benzene ring substituents is 1. The normalized spacial score (nSPS) is 23.7. The average molecular weight is 424 g/mol. The number of fused-ring (bicyclic) bond motifs is 3. The Morgan fingerprint density at radius 3 is 2.84 bits per heavy atom. The maximum atomic E-state index is 14.5. The Labute approximate surface area is 157 Å². The van der Waals surface area contributed by atoms with Crippen LogP contribution in [0.15, 0.2) is 47.0 Å². The van der Waals surface area contributed by atoms with Gasteiger partial charge in [0.2, 0.25) is 0 Å². The molecular formula is C18H13BrClFN2O2. The summed E-state index contributed by atoms with van der Waals surface area (Å²) in [5.41, 5.74) is 1.93. The SMILES string of the molecule is O=[N+]([O-])c1ccc(Cl)c([C@@H]2Nc3c(F)cc(Br)cc3[C@H]3C=CC[C@H]32)c1. The van der Waals surface area contributed by atoms with Gasteiger partial charge in [-0.15, -0.1) is 0 Å². The van der Waals surface area contributed by atoms with E-state index in [2.05, 4.69) is 33.4 Å². The fourth-order valence-corrected chi connectivity index (χ4v) is 4.49. The largest absolute Gasteiger partial charge is 0.375 e. The Bertz CT molecular complexity index is 918. The van der Waals surface area contributed by atoms with Crippen LogP contribution in [-0.4, -0.2) is 4.92 Å². The number of nitrogens with zero attached hydrogens (tertiary/aromatic N) is 1. The minimum absolute atomic E-state index is 0.0224. The molecule has 4 rings (SSSR count). The third-order valence-electron chi connectivity index (χ3n) is 4.91. The molecule has 2 aromatic rings. The smallest absolute Gasteiger partial charge is 0.269 e. The summed E-state index contributed by atoms with van der Waals surface area (Å²) in [7, 11) is 0. The van der Waals surface area contributed by atoms with Crippen LogP contribution in [-0.2, 0) is 0 Å². The third kappa shape index (κ3) is 2.73. The van der Waals surface area contributed by atoms with Gasteiger partial charge in [0, 0.05) is 33.1 Å². The first kappa shape index (κ1) is 16.5. The lowest BCUT2D eigenvalue weighted by molar-refractivity contribution is -0.384. The summed E-state index contributed by atoms with van der Waals surface area (Å²) in [6, 6.07) is 7.43. The van der Waals surface area contributed by atoms with Crippen molar-refractivity contribution in [2.45, 2.75) is 18.4 Å². The van der Waals surface area contributed by atoms with Crippen LogP contribution in [0.4, 0.5) is 15.8 Å². The Morgan fingerprint density at radius 2 is 2.08 bits per heavy atom. The van der Waals surface area contributed by atoms with Crippen LogP contribution < -0.4 is 5.32 Å². The zero-order chi connectivity index (χ0) is 17.7. The molecule has 0 saturated heterocycles. The van der Waals surface area contributed by atoms with E-state index in [0.29, 0.717) is 20.7 Å². The Balaban J connectivity index is 1.85. The Hall–Kier alpha value is -1.92. The van der Waals surface area contributed by atoms with Gasteiger partial charge in [-0.3, -0.25) is 10.1 Å². The van der Waals surface area contributed by atoms with Crippen LogP contribution >= 0.6 is 27.5 Å². The lowest BCUT2D eigenvalue weighted by atomic mass is 9.77. The topological polar surface area (TPSA) is 55.2 Å². The molecule has 4 nitrogen and oxygen atoms in total. The van der Waals surface area contributed by atoms with Gasteiger partial charge in [0.15, 0.2) is 0 Å². The van der Waals surface area contributed by atoms with E-state index in [1.54, 1.807) is 0 Å². The molecule has 7 heteroatoms. The molecule has 0 aromatic heterocycles. The predicted octanol–water partition coefficient (Wildman–Crippen LogP) is 5.98. The minimum atomic E-state index is -0.446. The average Bonchev–Trinajstić information content (AvgIpc) is 3.05. The van der Waals surface area contributed by atoms with Gasteiger partial charge in [-0.25, -0.2) is 4.39 Å². The number of non-ortho nitro benzene ring substituents is 1. The molecule has 128 valence electrons. The molecule has 2 aliphatic rings. The molecule has 0 radical (unpaired) electrons. The number of hydrogen-bond acceptors (Lipinski definition) is 3. The minimum Gasteiger partial charge on any atom is -0.375 e. The van der Waals surface area contributed by atoms with Crippen molar-refractivity contribution in [2.24, 2.45) is 5.92 Å². The standard InChI is InChI=1S/C18H13BrClFN2O2/c19-9-6-13-11-2-1-3-12(11)17(22-18(13)16(21)7-9)14-8-10(23(24)25)4-5-15(14)20/h1-2,4-8,11-12,17,22H,3H2/t11-,12+,17+/m0/s1. The van der Waals surface area contributed by atoms with Crippen molar-refractivity contribution >= 4 is 38.9 Å². The van der Waals surface area contributed by atoms with E-state index in [4.69, 9.17) is 11.6 Å². The predicted molar refractivity (Wildman–Crippen MR) is 98.6 cm³/mol. The molecule has 0 amide bonds. The zero-order valence-corrected chi connectivity index (χ0v) is 15.2. The molecule has 1 aliphatic carbocycles. The Morgan fingerprint density at radius 1 is 1.28 bits per heavy atom. The molecule has 1 heterocycles. The van der Waals surface area contributed by atoms with Crippen LogP contribution in [0.1, 0.15) is 29.5 Å². The number of halogens is 3. The molecule has 1 aliphatic heterocycles. The van der Waals surface area contributed by atoms with Crippen molar-refractivity contribution in [3.63, 3.8) is 0 Å². The highest BCUT2D eigenvalue weighted by Gasteiger charge is 2.40. The van der Waals surface area contributed by atoms with Gasteiger partial charge in [-0.2, -0.15) is 0 Å². The number of benzene rings is 2. The second-order valence-electron chi connectivity index (χ2n) is 6.29. The molecule has 0 spiro atoms. The molecule has 0 unspecified atom stereocenters. The van der Waals surface area contributed by atoms with Crippen molar-refractivity contribution in [3.8, 4) is 0 Å². The van der Waals surface area contributed by atoms with Gasteiger partial charge in [-0.05, 0) is 36.1 Å². The molecule has 0 bridgehead atoms. The number of anilines is 1. The zero-order valence-electron chi connectivity index (χ0n) is 12.9. The highest BCUT2D eigenvalue weighted by atomic mass is 79.9. The van der Waals surface area contributed by atoms with Crippen molar-refractivity contribution in [1.82, 2.24) is 0 Å². The number of hydrogen-bond donors (Lipinski definition) is 1. The van der Waals surface area contributed by atoms with Crippen molar-refractivity contribution < 1.29 is 9.31 Å². The van der Waals surface area contributed by atoms with E-state index in [1.807, 2.05) is 6.07 Å². The van der Waals surface area contributed by atoms with E-state index in [-0.39, 0.29) is 29.4 Å². The highest BCUT2D eigenvalue weighted by molar-refractivity contribution is 9.10. The lowest BCUT2D eigenvalue weighted by Gasteiger charge is -2.38. The van der Waals surface area contributed by atoms with Crippen LogP contribution in [0.25, 0.3) is 0 Å². The van der Waals surface area contributed by atoms with Gasteiger partial charge in [0.1, 0.15) is 5.82 Å². The molecule has 2 aromatic carbocycles. The van der Waals surface area contributed by atoms with Gasteiger partial charge in [-0.1, -0.05) is 39.7 Å². The summed E-state index contributed by atoms with van der Waals surface area (Å²) in [4.78, 5) is 10.7. The second kappa shape index (κ2) is 6.11. The van der Waals surface area contributed by atoms with Crippen LogP contribution in [0.5, 0.6) is 0 Å². The maximum Gasteiger partial charge on any atom is 0.269 e. The molecular weight excluding hydrogens is 411 g/mol. The number of nitrogens with one attached hydrogen (secondary N) is 1. The molecule has 1 N–H and O–H groups in total. The monoisotopic (exact) mass is 422 g/mol. The highest BCUT2D eigenvalue weighted by Crippen LogP contribution is 2.52. The van der Waals surface area contributed by atoms with Gasteiger partial charge in [0.05, 0.1) is 16.7 Å². The van der Waals surface area contributed by atoms with E-state index >= 15 is 0 Å². The van der Waals surface area contributed by atoms with Crippen LogP contribution in [0, 0.1) is 21.8 Å². The quantitative estimate of drug-likeness (QED) is 0.367. The van der Waals surface area contributed by atoms with Crippen LogP contribution in [0.2, 0.25) is 5.02 Å². The first-order valence-corrected chi connectivity index (χ1v) is 8.99. The van der Waals surface area contributed by atoms with Gasteiger partial charge in [0.25, 0.3) is 5.69 Å². The van der Waals surface area contributed by atoms with E-state index in [1.165, 1.54) is 24.3 Å². The van der Waals surface area contributed by atoms with Gasteiger partial charge < -0.3 is 5.32 Å². The second-order valence-corrected chi connectivity index (χ2v) is 7.61. The first-order valence-electron chi connectivity index (χ1n) is 7.81. The van der Waals surface area contributed by atoms with Gasteiger partial charge >= 0.3 is 0 Å². The van der Waals surface area contributed by atoms with Crippen LogP contribution in [0.3, 0.4) is 0 Å². The van der Waals surface area contributed by atoms with E-state index in [9.17, 15) is 14.5 Å². The van der Waals surface area contributed by atoms with Crippen molar-refractivity contribution in [1.29, 1.82) is 0 Å². The Kier molecular flexibility index (Phi) is 4.04. The fraction of sp³-hybridized carbons (Fsp3) is 0.222. The molecule has 3 atom stereocenters. The third-order valence-corrected chi connectivity index (χ3v) is 5.71. The summed E-state index contributed by atoms with van der Waals surface area (Å²) in [6.45, 7) is 0. The summed E-state index contributed by atoms with van der Waals surface area (Å²) < 4.78 is 15.2. The maximum absolute atomic E-state index is 14.5. The number of rotatable bonds is 2. The summed E-state index contributed by atoms with van der Waals surface area (Å²) in [5.74, 6) is -0.182. The van der Waals surface area contributed by atoms with E-state index in [0.717, 1.165) is 12.0 Å². The van der Waals surface area contributed by atoms with E-state index < -0.39 is 4.92 Å².